The molecule has 6 heteroatoms. The van der Waals surface area contributed by atoms with Crippen molar-refractivity contribution in [1.29, 1.82) is 0 Å². The van der Waals surface area contributed by atoms with Crippen LogP contribution in [0.5, 0.6) is 0 Å². The molecule has 0 bridgehead atoms. The van der Waals surface area contributed by atoms with Crippen LogP contribution in [0.25, 0.3) is 11.3 Å². The minimum atomic E-state index is -0.281. The highest BCUT2D eigenvalue weighted by Crippen LogP contribution is 2.25. The Bertz CT molecular complexity index is 669. The molecular weight excluding hydrogens is 310 g/mol. The second kappa shape index (κ2) is 7.10. The quantitative estimate of drug-likeness (QED) is 0.804. The molecule has 5 nitrogen and oxygen atoms in total. The third-order valence-corrected chi connectivity index (χ3v) is 4.97. The van der Waals surface area contributed by atoms with Gasteiger partial charge in [-0.15, -0.1) is 11.3 Å². The summed E-state index contributed by atoms with van der Waals surface area (Å²) in [6.45, 7) is 2.50. The number of urea groups is 1. The summed E-state index contributed by atoms with van der Waals surface area (Å²) in [5.41, 5.74) is 2.73. The molecule has 2 amide bonds. The first kappa shape index (κ1) is 16.0. The lowest BCUT2D eigenvalue weighted by Crippen LogP contribution is -2.35. The van der Waals surface area contributed by atoms with Crippen molar-refractivity contribution in [3.05, 3.63) is 34.7 Å². The summed E-state index contributed by atoms with van der Waals surface area (Å²) >= 11 is 1.62. The van der Waals surface area contributed by atoms with Gasteiger partial charge < -0.3 is 15.7 Å². The van der Waals surface area contributed by atoms with Crippen LogP contribution in [0, 0.1) is 12.8 Å². The number of hydrogen-bond donors (Lipinski definition) is 3. The molecular formula is C17H21N3O2S. The van der Waals surface area contributed by atoms with E-state index in [1.165, 1.54) is 0 Å². The number of aromatic nitrogens is 1. The Balaban J connectivity index is 1.52. The second-order valence-electron chi connectivity index (χ2n) is 5.92. The number of nitrogens with zero attached hydrogens (tertiary/aromatic N) is 1. The average molecular weight is 331 g/mol. The van der Waals surface area contributed by atoms with Gasteiger partial charge in [0.1, 0.15) is 0 Å². The fourth-order valence-corrected chi connectivity index (χ4v) is 3.50. The van der Waals surface area contributed by atoms with Gasteiger partial charge in [-0.05, 0) is 31.9 Å². The number of anilines is 1. The van der Waals surface area contributed by atoms with Gasteiger partial charge in [-0.3, -0.25) is 0 Å². The minimum absolute atomic E-state index is 0.177. The lowest BCUT2D eigenvalue weighted by molar-refractivity contribution is 0.133. The number of rotatable bonds is 4. The molecule has 1 aliphatic carbocycles. The van der Waals surface area contributed by atoms with Gasteiger partial charge in [0.2, 0.25) is 0 Å². The number of amides is 2. The van der Waals surface area contributed by atoms with Crippen molar-refractivity contribution in [2.24, 2.45) is 5.92 Å². The summed E-state index contributed by atoms with van der Waals surface area (Å²) in [7, 11) is 0. The number of hydrogen-bond acceptors (Lipinski definition) is 4. The van der Waals surface area contributed by atoms with Crippen molar-refractivity contribution < 1.29 is 9.90 Å². The zero-order chi connectivity index (χ0) is 16.2. The van der Waals surface area contributed by atoms with E-state index in [1.54, 1.807) is 11.3 Å². The highest BCUT2D eigenvalue weighted by atomic mass is 32.1. The molecule has 23 heavy (non-hydrogen) atoms. The zero-order valence-electron chi connectivity index (χ0n) is 13.1. The van der Waals surface area contributed by atoms with Gasteiger partial charge in [0.25, 0.3) is 0 Å². The minimum Gasteiger partial charge on any atom is -0.393 e. The lowest BCUT2D eigenvalue weighted by Gasteiger charge is -2.15. The van der Waals surface area contributed by atoms with Crippen LogP contribution in [0.1, 0.15) is 24.3 Å². The molecule has 0 spiro atoms. The third kappa shape index (κ3) is 4.09. The summed E-state index contributed by atoms with van der Waals surface area (Å²) in [5, 5.41) is 18.5. The molecule has 1 heterocycles. The highest BCUT2D eigenvalue weighted by Gasteiger charge is 2.25. The van der Waals surface area contributed by atoms with E-state index in [0.29, 0.717) is 6.54 Å². The van der Waals surface area contributed by atoms with E-state index in [9.17, 15) is 9.90 Å². The second-order valence-corrected chi connectivity index (χ2v) is 6.98. The Hall–Kier alpha value is -1.92. The first-order valence-corrected chi connectivity index (χ1v) is 8.75. The standard InChI is InChI=1S/C17H21N3O2S/c1-11-19-15(10-23-11)12-5-7-14(8-6-12)20-17(22)18-9-13-3-2-4-16(13)21/h5-8,10,13,16,21H,2-4,9H2,1H3,(H2,18,20,22)/t13-,16-/m1/s1. The fourth-order valence-electron chi connectivity index (χ4n) is 2.87. The molecule has 0 aliphatic heterocycles. The summed E-state index contributed by atoms with van der Waals surface area (Å²) in [6.07, 6.45) is 2.57. The molecule has 3 N–H and O–H groups in total. The van der Waals surface area contributed by atoms with Crippen LogP contribution in [-0.2, 0) is 0 Å². The molecule has 0 saturated heterocycles. The number of benzene rings is 1. The predicted molar refractivity (Wildman–Crippen MR) is 92.7 cm³/mol. The van der Waals surface area contributed by atoms with Crippen LogP contribution < -0.4 is 10.6 Å². The third-order valence-electron chi connectivity index (χ3n) is 4.20. The summed E-state index contributed by atoms with van der Waals surface area (Å²) in [6, 6.07) is 7.40. The van der Waals surface area contributed by atoms with Crippen molar-refractivity contribution in [3.63, 3.8) is 0 Å². The molecule has 1 aromatic heterocycles. The Morgan fingerprint density at radius 3 is 2.74 bits per heavy atom. The largest absolute Gasteiger partial charge is 0.393 e. The molecule has 2 aromatic rings. The number of thiazole rings is 1. The Morgan fingerprint density at radius 1 is 1.35 bits per heavy atom. The van der Waals surface area contributed by atoms with Crippen molar-refractivity contribution in [3.8, 4) is 11.3 Å². The van der Waals surface area contributed by atoms with Gasteiger partial charge in [-0.25, -0.2) is 9.78 Å². The van der Waals surface area contributed by atoms with Crippen molar-refractivity contribution in [1.82, 2.24) is 10.3 Å². The number of aliphatic hydroxyl groups excluding tert-OH is 1. The summed E-state index contributed by atoms with van der Waals surface area (Å²) in [5.74, 6) is 0.177. The van der Waals surface area contributed by atoms with Gasteiger partial charge >= 0.3 is 6.03 Å². The first-order chi connectivity index (χ1) is 11.1. The number of carbonyl (C=O) groups excluding carboxylic acids is 1. The molecule has 1 saturated carbocycles. The smallest absolute Gasteiger partial charge is 0.319 e. The maximum absolute atomic E-state index is 11.9. The van der Waals surface area contributed by atoms with E-state index in [-0.39, 0.29) is 18.1 Å². The van der Waals surface area contributed by atoms with Crippen LogP contribution >= 0.6 is 11.3 Å². The topological polar surface area (TPSA) is 74.2 Å². The number of carbonyl (C=O) groups is 1. The molecule has 1 aliphatic rings. The maximum Gasteiger partial charge on any atom is 0.319 e. The normalized spacial score (nSPS) is 20.4. The number of aryl methyl sites for hydroxylation is 1. The van der Waals surface area contributed by atoms with Gasteiger partial charge in [0, 0.05) is 29.1 Å². The predicted octanol–water partition coefficient (Wildman–Crippen LogP) is 3.40. The SMILES string of the molecule is Cc1nc(-c2ccc(NC(=O)NC[C@H]3CCC[C@H]3O)cc2)cs1. The van der Waals surface area contributed by atoms with E-state index in [2.05, 4.69) is 15.6 Å². The van der Waals surface area contributed by atoms with Gasteiger partial charge in [0.15, 0.2) is 0 Å². The van der Waals surface area contributed by atoms with E-state index in [0.717, 1.165) is 41.2 Å². The lowest BCUT2D eigenvalue weighted by atomic mass is 10.1. The van der Waals surface area contributed by atoms with E-state index in [1.807, 2.05) is 36.6 Å². The van der Waals surface area contributed by atoms with Crippen LogP contribution in [-0.4, -0.2) is 28.8 Å². The highest BCUT2D eigenvalue weighted by molar-refractivity contribution is 7.09. The molecule has 122 valence electrons. The molecule has 2 atom stereocenters. The Labute approximate surface area is 139 Å². The van der Waals surface area contributed by atoms with E-state index < -0.39 is 0 Å². The molecule has 0 radical (unpaired) electrons. The van der Waals surface area contributed by atoms with Crippen LogP contribution in [0.4, 0.5) is 10.5 Å². The maximum atomic E-state index is 11.9. The molecule has 1 aromatic carbocycles. The zero-order valence-corrected chi connectivity index (χ0v) is 13.9. The van der Waals surface area contributed by atoms with Gasteiger partial charge in [-0.1, -0.05) is 18.6 Å². The molecule has 3 rings (SSSR count). The number of nitrogens with one attached hydrogen (secondary N) is 2. The van der Waals surface area contributed by atoms with Crippen molar-refractivity contribution in [2.75, 3.05) is 11.9 Å². The van der Waals surface area contributed by atoms with Crippen LogP contribution in [0.3, 0.4) is 0 Å². The molecule has 1 fully saturated rings. The van der Waals surface area contributed by atoms with Crippen LogP contribution in [0.2, 0.25) is 0 Å². The van der Waals surface area contributed by atoms with E-state index >= 15 is 0 Å². The molecule has 0 unspecified atom stereocenters. The van der Waals surface area contributed by atoms with E-state index in [4.69, 9.17) is 0 Å². The van der Waals surface area contributed by atoms with Crippen LogP contribution in [0.15, 0.2) is 29.6 Å². The summed E-state index contributed by atoms with van der Waals surface area (Å²) < 4.78 is 0. The van der Waals surface area contributed by atoms with Crippen molar-refractivity contribution >= 4 is 23.1 Å². The van der Waals surface area contributed by atoms with Gasteiger partial charge in [0.05, 0.1) is 16.8 Å². The van der Waals surface area contributed by atoms with Gasteiger partial charge in [-0.2, -0.15) is 0 Å². The van der Waals surface area contributed by atoms with Crippen molar-refractivity contribution in [2.45, 2.75) is 32.3 Å². The Morgan fingerprint density at radius 2 is 2.13 bits per heavy atom. The summed E-state index contributed by atoms with van der Waals surface area (Å²) in [4.78, 5) is 16.4. The Kier molecular flexibility index (Phi) is 4.93. The fraction of sp³-hybridized carbons (Fsp3) is 0.412. The average Bonchev–Trinajstić information content (AvgIpc) is 3.15. The number of aliphatic hydroxyl groups is 1. The monoisotopic (exact) mass is 331 g/mol. The first-order valence-electron chi connectivity index (χ1n) is 7.87.